The Balaban J connectivity index is 0.000000317. The predicted octanol–water partition coefficient (Wildman–Crippen LogP) is 6.40. The van der Waals surface area contributed by atoms with E-state index >= 15 is 0 Å². The van der Waals surface area contributed by atoms with E-state index in [0.717, 1.165) is 11.3 Å². The van der Waals surface area contributed by atoms with E-state index in [1.807, 2.05) is 8.58 Å². The predicted molar refractivity (Wildman–Crippen MR) is 81.2 cm³/mol. The molecular weight excluding hydrogens is 223 g/mol. The van der Waals surface area contributed by atoms with Crippen LogP contribution < -0.4 is 0 Å². The lowest BCUT2D eigenvalue weighted by molar-refractivity contribution is 0.490. The Labute approximate surface area is 111 Å². The van der Waals surface area contributed by atoms with E-state index in [1.165, 1.54) is 77.0 Å². The lowest BCUT2D eigenvalue weighted by Crippen LogP contribution is -2.14. The Morgan fingerprint density at radius 2 is 1.00 bits per heavy atom. The molecule has 2 aliphatic carbocycles. The summed E-state index contributed by atoms with van der Waals surface area (Å²) in [5.74, 6) is 0. The van der Waals surface area contributed by atoms with Crippen molar-refractivity contribution in [1.29, 1.82) is 0 Å². The summed E-state index contributed by atoms with van der Waals surface area (Å²) in [6.07, 6.45) is 17.9. The molecule has 0 saturated heterocycles. The lowest BCUT2D eigenvalue weighted by atomic mass is 10.00. The van der Waals surface area contributed by atoms with Crippen molar-refractivity contribution >= 4 is 8.58 Å². The molecule has 101 valence electrons. The van der Waals surface area contributed by atoms with Crippen LogP contribution in [0.4, 0.5) is 0 Å². The molecule has 0 unspecified atom stereocenters. The van der Waals surface area contributed by atoms with Gasteiger partial charge in [-0.3, -0.25) is 0 Å². The third-order valence-electron chi connectivity index (χ3n) is 4.07. The monoisotopic (exact) mass is 255 g/mol. The van der Waals surface area contributed by atoms with Crippen molar-refractivity contribution in [1.82, 2.24) is 0 Å². The first-order valence-electron chi connectivity index (χ1n) is 8.06. The van der Waals surface area contributed by atoms with Crippen molar-refractivity contribution in [2.75, 3.05) is 0 Å². The van der Waals surface area contributed by atoms with Crippen LogP contribution in [0, 0.1) is 0 Å². The second-order valence-corrected chi connectivity index (χ2v) is 7.49. The van der Waals surface area contributed by atoms with Gasteiger partial charge in [0.25, 0.3) is 0 Å². The van der Waals surface area contributed by atoms with E-state index in [0.29, 0.717) is 0 Å². The molecule has 0 bridgehead atoms. The molecule has 1 heteroatoms. The minimum absolute atomic E-state index is 1.09. The second-order valence-electron chi connectivity index (χ2n) is 5.73. The van der Waals surface area contributed by atoms with Gasteiger partial charge in [0.05, 0.1) is 0 Å². The fraction of sp³-hybridized carbons (Fsp3) is 1.00. The largest absolute Gasteiger partial charge is 0.0741 e. The molecule has 0 aromatic heterocycles. The van der Waals surface area contributed by atoms with E-state index in [4.69, 9.17) is 0 Å². The molecule has 0 atom stereocenters. The molecule has 0 aliphatic heterocycles. The van der Waals surface area contributed by atoms with Crippen LogP contribution in [-0.4, -0.2) is 11.3 Å². The van der Waals surface area contributed by atoms with Crippen molar-refractivity contribution < 1.29 is 0 Å². The van der Waals surface area contributed by atoms with Crippen molar-refractivity contribution in [3.63, 3.8) is 0 Å². The minimum atomic E-state index is 1.09. The third-order valence-corrected chi connectivity index (χ3v) is 5.95. The smallest absolute Gasteiger partial charge is 0.0168 e. The van der Waals surface area contributed by atoms with Crippen molar-refractivity contribution in [2.45, 2.75) is 102 Å². The maximum absolute atomic E-state index is 2.18. The molecule has 2 saturated carbocycles. The summed E-state index contributed by atoms with van der Waals surface area (Å²) in [6.45, 7) is 4.36. The van der Waals surface area contributed by atoms with Crippen LogP contribution in [0.2, 0.25) is 0 Å². The summed E-state index contributed by atoms with van der Waals surface area (Å²) in [6, 6.07) is 0. The Morgan fingerprint density at radius 1 is 0.647 bits per heavy atom. The quantitative estimate of drug-likeness (QED) is 0.511. The van der Waals surface area contributed by atoms with Gasteiger partial charge < -0.3 is 0 Å². The van der Waals surface area contributed by atoms with Gasteiger partial charge in [-0.25, -0.2) is 0 Å². The summed E-state index contributed by atoms with van der Waals surface area (Å²) in [7, 11) is 1.84. The van der Waals surface area contributed by atoms with Gasteiger partial charge in [-0.15, -0.1) is 0 Å². The summed E-state index contributed by atoms with van der Waals surface area (Å²) in [5.41, 5.74) is 2.19. The molecule has 1 radical (unpaired) electrons. The maximum atomic E-state index is 2.18. The summed E-state index contributed by atoms with van der Waals surface area (Å²) >= 11 is 0. The molecule has 2 rings (SSSR count). The first kappa shape index (κ1) is 15.5. The van der Waals surface area contributed by atoms with Gasteiger partial charge in [0, 0.05) is 0 Å². The number of rotatable bonds is 3. The van der Waals surface area contributed by atoms with Crippen LogP contribution in [0.1, 0.15) is 90.9 Å². The van der Waals surface area contributed by atoms with E-state index < -0.39 is 0 Å². The van der Waals surface area contributed by atoms with Gasteiger partial charge in [0.1, 0.15) is 0 Å². The molecule has 2 aliphatic rings. The molecule has 17 heavy (non-hydrogen) atoms. The maximum Gasteiger partial charge on any atom is -0.0168 e. The molecular formula is C16H32P. The molecule has 0 aromatic carbocycles. The van der Waals surface area contributed by atoms with E-state index in [2.05, 4.69) is 13.8 Å². The van der Waals surface area contributed by atoms with Crippen LogP contribution in [-0.2, 0) is 0 Å². The van der Waals surface area contributed by atoms with Gasteiger partial charge in [0.15, 0.2) is 0 Å². The molecule has 0 spiro atoms. The highest BCUT2D eigenvalue weighted by Gasteiger charge is 2.20. The van der Waals surface area contributed by atoms with Crippen LogP contribution in [0.5, 0.6) is 0 Å². The fourth-order valence-electron chi connectivity index (χ4n) is 2.76. The third kappa shape index (κ3) is 7.45. The Morgan fingerprint density at radius 3 is 1.29 bits per heavy atom. The number of hydrogen-bond acceptors (Lipinski definition) is 0. The number of unbranched alkanes of at least 4 members (excludes halogenated alkanes) is 1. The topological polar surface area (TPSA) is 0 Å². The van der Waals surface area contributed by atoms with Crippen molar-refractivity contribution in [3.8, 4) is 0 Å². The zero-order valence-electron chi connectivity index (χ0n) is 12.1. The molecule has 0 aromatic rings. The Hall–Kier alpha value is 0.430. The minimum Gasteiger partial charge on any atom is -0.0741 e. The van der Waals surface area contributed by atoms with E-state index in [-0.39, 0.29) is 0 Å². The second kappa shape index (κ2) is 10.4. The molecule has 0 amide bonds. The van der Waals surface area contributed by atoms with Gasteiger partial charge in [-0.05, 0) is 37.0 Å². The number of hydrogen-bond donors (Lipinski definition) is 0. The Bertz CT molecular complexity index is 137. The first-order valence-corrected chi connectivity index (χ1v) is 9.10. The zero-order valence-corrected chi connectivity index (χ0v) is 13.0. The van der Waals surface area contributed by atoms with Gasteiger partial charge >= 0.3 is 0 Å². The summed E-state index contributed by atoms with van der Waals surface area (Å²) in [4.78, 5) is 0. The van der Waals surface area contributed by atoms with E-state index in [1.54, 1.807) is 0 Å². The standard InChI is InChI=1S/C12H22P.C4H10/c1-3-7-11(8-4-1)13-12-9-5-2-6-10-12;1-3-4-2/h11-12H,1-10H2;3-4H2,1-2H3. The molecule has 0 N–H and O–H groups in total. The zero-order chi connectivity index (χ0) is 12.3. The normalized spacial score (nSPS) is 22.9. The Kier molecular flexibility index (Phi) is 9.44. The molecule has 2 fully saturated rings. The average molecular weight is 255 g/mol. The highest BCUT2D eigenvalue weighted by Crippen LogP contribution is 2.41. The summed E-state index contributed by atoms with van der Waals surface area (Å²) < 4.78 is 0. The average Bonchev–Trinajstić information content (AvgIpc) is 2.41. The highest BCUT2D eigenvalue weighted by molar-refractivity contribution is 7.39. The highest BCUT2D eigenvalue weighted by atomic mass is 31.1. The lowest BCUT2D eigenvalue weighted by Gasteiger charge is -2.28. The summed E-state index contributed by atoms with van der Waals surface area (Å²) in [5, 5.41) is 0. The molecule has 0 nitrogen and oxygen atoms in total. The first-order chi connectivity index (χ1) is 8.36. The van der Waals surface area contributed by atoms with Crippen LogP contribution in [0.15, 0.2) is 0 Å². The van der Waals surface area contributed by atoms with Gasteiger partial charge in [-0.1, -0.05) is 73.8 Å². The van der Waals surface area contributed by atoms with Crippen LogP contribution in [0.3, 0.4) is 0 Å². The van der Waals surface area contributed by atoms with Gasteiger partial charge in [-0.2, -0.15) is 0 Å². The van der Waals surface area contributed by atoms with Crippen LogP contribution >= 0.6 is 8.58 Å². The SMILES string of the molecule is C1CCC([P]C2CCCCC2)CC1.CCCC. The molecule has 0 heterocycles. The van der Waals surface area contributed by atoms with Crippen molar-refractivity contribution in [3.05, 3.63) is 0 Å². The fourth-order valence-corrected chi connectivity index (χ4v) is 4.68. The van der Waals surface area contributed by atoms with Gasteiger partial charge in [0.2, 0.25) is 0 Å². The van der Waals surface area contributed by atoms with Crippen molar-refractivity contribution in [2.24, 2.45) is 0 Å². The van der Waals surface area contributed by atoms with E-state index in [9.17, 15) is 0 Å². The van der Waals surface area contributed by atoms with Crippen LogP contribution in [0.25, 0.3) is 0 Å².